The summed E-state index contributed by atoms with van der Waals surface area (Å²) in [5, 5.41) is 0. The highest BCUT2D eigenvalue weighted by molar-refractivity contribution is 5.79. The van der Waals surface area contributed by atoms with Crippen LogP contribution in [-0.2, 0) is 11.3 Å². The summed E-state index contributed by atoms with van der Waals surface area (Å²) in [5.74, 6) is 2.22. The van der Waals surface area contributed by atoms with E-state index >= 15 is 0 Å². The van der Waals surface area contributed by atoms with E-state index in [1.807, 2.05) is 44.1 Å². The molecule has 1 fully saturated rings. The van der Waals surface area contributed by atoms with Crippen molar-refractivity contribution in [3.8, 4) is 5.75 Å². The minimum absolute atomic E-state index is 0.482. The van der Waals surface area contributed by atoms with Crippen molar-refractivity contribution in [1.29, 1.82) is 0 Å². The van der Waals surface area contributed by atoms with E-state index in [0.29, 0.717) is 19.1 Å². The molecular formula is C16H26N4O2. The van der Waals surface area contributed by atoms with Gasteiger partial charge in [0.1, 0.15) is 5.75 Å². The first kappa shape index (κ1) is 16.5. The van der Waals surface area contributed by atoms with Gasteiger partial charge in [-0.1, -0.05) is 0 Å². The lowest BCUT2D eigenvalue weighted by molar-refractivity contribution is 0.166. The average molecular weight is 306 g/mol. The lowest BCUT2D eigenvalue weighted by Crippen LogP contribution is -2.35. The number of ether oxygens (including phenoxy) is 2. The second-order valence-corrected chi connectivity index (χ2v) is 5.93. The van der Waals surface area contributed by atoms with E-state index in [1.54, 1.807) is 12.4 Å². The Morgan fingerprint density at radius 1 is 1.36 bits per heavy atom. The number of hydrogen-bond acceptors (Lipinski definition) is 4. The van der Waals surface area contributed by atoms with Gasteiger partial charge in [0.25, 0.3) is 0 Å². The molecule has 1 aromatic rings. The molecule has 22 heavy (non-hydrogen) atoms. The molecule has 1 unspecified atom stereocenters. The van der Waals surface area contributed by atoms with Crippen molar-refractivity contribution in [2.45, 2.75) is 13.0 Å². The fourth-order valence-corrected chi connectivity index (χ4v) is 2.43. The standard InChI is InChI=1S/C16H26N4O2/c1-19(2)16(20(3)4)18-9-14-5-7-17-10-15(14)22-12-13-6-8-21-11-13/h5,7,10,13H,6,8-9,11-12H2,1-4H3. The Morgan fingerprint density at radius 2 is 2.14 bits per heavy atom. The van der Waals surface area contributed by atoms with Crippen molar-refractivity contribution in [3.63, 3.8) is 0 Å². The Morgan fingerprint density at radius 3 is 2.77 bits per heavy atom. The van der Waals surface area contributed by atoms with Gasteiger partial charge in [0.2, 0.25) is 0 Å². The average Bonchev–Trinajstić information content (AvgIpc) is 2.99. The number of pyridine rings is 1. The summed E-state index contributed by atoms with van der Waals surface area (Å²) in [7, 11) is 7.96. The summed E-state index contributed by atoms with van der Waals surface area (Å²) in [6, 6.07) is 1.97. The maximum Gasteiger partial charge on any atom is 0.195 e. The summed E-state index contributed by atoms with van der Waals surface area (Å²) in [6.07, 6.45) is 4.62. The van der Waals surface area contributed by atoms with Crippen LogP contribution in [0.4, 0.5) is 0 Å². The van der Waals surface area contributed by atoms with Gasteiger partial charge in [-0.25, -0.2) is 4.99 Å². The first-order valence-electron chi connectivity index (χ1n) is 7.60. The van der Waals surface area contributed by atoms with Gasteiger partial charge in [0.15, 0.2) is 5.96 Å². The second kappa shape index (κ2) is 7.98. The van der Waals surface area contributed by atoms with Crippen LogP contribution in [0, 0.1) is 5.92 Å². The second-order valence-electron chi connectivity index (χ2n) is 5.93. The highest BCUT2D eigenvalue weighted by Gasteiger charge is 2.17. The monoisotopic (exact) mass is 306 g/mol. The molecule has 0 N–H and O–H groups in total. The summed E-state index contributed by atoms with van der Waals surface area (Å²) >= 11 is 0. The molecule has 0 radical (unpaired) electrons. The van der Waals surface area contributed by atoms with E-state index in [-0.39, 0.29) is 0 Å². The van der Waals surface area contributed by atoms with Gasteiger partial charge < -0.3 is 19.3 Å². The Bertz CT molecular complexity index is 487. The predicted molar refractivity (Wildman–Crippen MR) is 87.2 cm³/mol. The highest BCUT2D eigenvalue weighted by atomic mass is 16.5. The number of aromatic nitrogens is 1. The normalized spacial score (nSPS) is 17.2. The van der Waals surface area contributed by atoms with Crippen LogP contribution in [0.15, 0.2) is 23.5 Å². The summed E-state index contributed by atoms with van der Waals surface area (Å²) in [5.41, 5.74) is 1.05. The van der Waals surface area contributed by atoms with Gasteiger partial charge in [0, 0.05) is 52.5 Å². The lowest BCUT2D eigenvalue weighted by Gasteiger charge is -2.22. The molecule has 0 aliphatic carbocycles. The molecule has 0 aromatic carbocycles. The van der Waals surface area contributed by atoms with Crippen LogP contribution in [0.3, 0.4) is 0 Å². The van der Waals surface area contributed by atoms with E-state index < -0.39 is 0 Å². The molecule has 1 aromatic heterocycles. The molecule has 1 aliphatic heterocycles. The third-order valence-corrected chi connectivity index (χ3v) is 3.56. The quantitative estimate of drug-likeness (QED) is 0.609. The molecule has 122 valence electrons. The van der Waals surface area contributed by atoms with E-state index in [0.717, 1.165) is 36.9 Å². The van der Waals surface area contributed by atoms with Crippen molar-refractivity contribution in [2.75, 3.05) is 48.0 Å². The third kappa shape index (κ3) is 4.59. The number of aliphatic imine (C=N–C) groups is 1. The topological polar surface area (TPSA) is 50.2 Å². The van der Waals surface area contributed by atoms with Crippen molar-refractivity contribution >= 4 is 5.96 Å². The summed E-state index contributed by atoms with van der Waals surface area (Å²) in [4.78, 5) is 12.8. The van der Waals surface area contributed by atoms with Gasteiger partial charge in [0.05, 0.1) is 26.0 Å². The van der Waals surface area contributed by atoms with Crippen LogP contribution in [0.1, 0.15) is 12.0 Å². The maximum absolute atomic E-state index is 5.94. The number of nitrogens with zero attached hydrogens (tertiary/aromatic N) is 4. The van der Waals surface area contributed by atoms with Crippen molar-refractivity contribution in [2.24, 2.45) is 10.9 Å². The molecule has 2 rings (SSSR count). The maximum atomic E-state index is 5.94. The highest BCUT2D eigenvalue weighted by Crippen LogP contribution is 2.20. The molecular weight excluding hydrogens is 280 g/mol. The van der Waals surface area contributed by atoms with Gasteiger partial charge in [-0.05, 0) is 12.5 Å². The van der Waals surface area contributed by atoms with Gasteiger partial charge in [-0.2, -0.15) is 0 Å². The Hall–Kier alpha value is -1.82. The van der Waals surface area contributed by atoms with Crippen LogP contribution >= 0.6 is 0 Å². The smallest absolute Gasteiger partial charge is 0.195 e. The SMILES string of the molecule is CN(C)C(=NCc1ccncc1OCC1CCOC1)N(C)C. The van der Waals surface area contributed by atoms with E-state index in [4.69, 9.17) is 9.47 Å². The molecule has 6 heteroatoms. The van der Waals surface area contributed by atoms with E-state index in [1.165, 1.54) is 0 Å². The molecule has 1 saturated heterocycles. The van der Waals surface area contributed by atoms with Crippen LogP contribution in [-0.4, -0.2) is 68.8 Å². The predicted octanol–water partition coefficient (Wildman–Crippen LogP) is 1.48. The zero-order valence-electron chi connectivity index (χ0n) is 14.0. The molecule has 0 saturated carbocycles. The van der Waals surface area contributed by atoms with Crippen molar-refractivity contribution < 1.29 is 9.47 Å². The van der Waals surface area contributed by atoms with E-state index in [2.05, 4.69) is 9.98 Å². The van der Waals surface area contributed by atoms with Crippen LogP contribution in [0.5, 0.6) is 5.75 Å². The van der Waals surface area contributed by atoms with Crippen LogP contribution in [0.25, 0.3) is 0 Å². The molecule has 1 aliphatic rings. The fourth-order valence-electron chi connectivity index (χ4n) is 2.43. The van der Waals surface area contributed by atoms with Crippen molar-refractivity contribution in [3.05, 3.63) is 24.0 Å². The lowest BCUT2D eigenvalue weighted by atomic mass is 10.1. The first-order valence-corrected chi connectivity index (χ1v) is 7.60. The fraction of sp³-hybridized carbons (Fsp3) is 0.625. The number of guanidine groups is 1. The molecule has 6 nitrogen and oxygen atoms in total. The van der Waals surface area contributed by atoms with E-state index in [9.17, 15) is 0 Å². The zero-order valence-corrected chi connectivity index (χ0v) is 14.0. The largest absolute Gasteiger partial charge is 0.491 e. The van der Waals surface area contributed by atoms with Crippen molar-refractivity contribution in [1.82, 2.24) is 14.8 Å². The minimum atomic E-state index is 0.482. The minimum Gasteiger partial charge on any atom is -0.491 e. The van der Waals surface area contributed by atoms with Gasteiger partial charge in [-0.15, -0.1) is 0 Å². The first-order chi connectivity index (χ1) is 10.6. The molecule has 1 atom stereocenters. The Balaban J connectivity index is 2.02. The molecule has 0 amide bonds. The molecule has 2 heterocycles. The number of hydrogen-bond donors (Lipinski definition) is 0. The van der Waals surface area contributed by atoms with Crippen LogP contribution < -0.4 is 4.74 Å². The number of rotatable bonds is 5. The van der Waals surface area contributed by atoms with Gasteiger partial charge >= 0.3 is 0 Å². The zero-order chi connectivity index (χ0) is 15.9. The summed E-state index contributed by atoms with van der Waals surface area (Å²) < 4.78 is 11.3. The van der Waals surface area contributed by atoms with Crippen LogP contribution in [0.2, 0.25) is 0 Å². The molecule has 0 bridgehead atoms. The third-order valence-electron chi connectivity index (χ3n) is 3.56. The Labute approximate surface area is 132 Å². The van der Waals surface area contributed by atoms with Gasteiger partial charge in [-0.3, -0.25) is 4.98 Å². The summed E-state index contributed by atoms with van der Waals surface area (Å²) in [6.45, 7) is 2.88. The Kier molecular flexibility index (Phi) is 6.00. The molecule has 0 spiro atoms.